The van der Waals surface area contributed by atoms with Crippen LogP contribution in [0, 0.1) is 0 Å². The minimum absolute atomic E-state index is 0.00383. The van der Waals surface area contributed by atoms with Gasteiger partial charge in [0, 0.05) is 23.5 Å². The fourth-order valence-electron chi connectivity index (χ4n) is 1.65. The molecule has 4 heteroatoms. The van der Waals surface area contributed by atoms with Gasteiger partial charge in [-0.3, -0.25) is 14.6 Å². The topological polar surface area (TPSA) is 73.1 Å². The molecule has 0 saturated heterocycles. The summed E-state index contributed by atoms with van der Waals surface area (Å²) < 4.78 is 0. The summed E-state index contributed by atoms with van der Waals surface area (Å²) in [7, 11) is 0. The van der Waals surface area contributed by atoms with Crippen molar-refractivity contribution < 1.29 is 9.59 Å². The van der Waals surface area contributed by atoms with Crippen LogP contribution in [0.15, 0.2) is 42.7 Å². The molecule has 2 rings (SSSR count). The first-order valence-electron chi connectivity index (χ1n) is 5.44. The van der Waals surface area contributed by atoms with Crippen molar-refractivity contribution in [2.45, 2.75) is 6.92 Å². The number of Topliss-reactive ketones (excluding diaryl/α,β-unsaturated/α-hetero) is 1. The Bertz CT molecular complexity index is 565. The van der Waals surface area contributed by atoms with Crippen LogP contribution in [-0.2, 0) is 0 Å². The summed E-state index contributed by atoms with van der Waals surface area (Å²) in [4.78, 5) is 26.4. The number of nitrogens with zero attached hydrogens (tertiary/aromatic N) is 1. The van der Waals surface area contributed by atoms with Crippen molar-refractivity contribution >= 4 is 11.7 Å². The Kier molecular flexibility index (Phi) is 3.19. The Morgan fingerprint density at radius 2 is 1.78 bits per heavy atom. The Morgan fingerprint density at radius 3 is 2.44 bits per heavy atom. The Hall–Kier alpha value is -2.49. The lowest BCUT2D eigenvalue weighted by molar-refractivity contribution is 0.0996. The fourth-order valence-corrected chi connectivity index (χ4v) is 1.65. The number of carbonyl (C=O) groups is 2. The highest BCUT2D eigenvalue weighted by molar-refractivity contribution is 5.96. The van der Waals surface area contributed by atoms with Crippen molar-refractivity contribution in [3.8, 4) is 11.1 Å². The molecule has 0 atom stereocenters. The van der Waals surface area contributed by atoms with Gasteiger partial charge in [0.25, 0.3) is 0 Å². The molecule has 18 heavy (non-hydrogen) atoms. The van der Waals surface area contributed by atoms with E-state index < -0.39 is 5.91 Å². The van der Waals surface area contributed by atoms with Gasteiger partial charge < -0.3 is 5.73 Å². The van der Waals surface area contributed by atoms with Gasteiger partial charge in [-0.1, -0.05) is 18.2 Å². The molecule has 0 saturated carbocycles. The van der Waals surface area contributed by atoms with E-state index in [1.165, 1.54) is 13.1 Å². The third-order valence-electron chi connectivity index (χ3n) is 2.63. The lowest BCUT2D eigenvalue weighted by atomic mass is 10.0. The van der Waals surface area contributed by atoms with Crippen LogP contribution in [0.1, 0.15) is 27.6 Å². The molecule has 2 N–H and O–H groups in total. The SMILES string of the molecule is CC(=O)c1cccc(-c2cncc(C(N)=O)c2)c1. The van der Waals surface area contributed by atoms with Gasteiger partial charge in [0.05, 0.1) is 5.56 Å². The van der Waals surface area contributed by atoms with Gasteiger partial charge in [-0.05, 0) is 24.6 Å². The van der Waals surface area contributed by atoms with Crippen LogP contribution in [0.4, 0.5) is 0 Å². The molecule has 1 heterocycles. The van der Waals surface area contributed by atoms with Crippen molar-refractivity contribution in [3.05, 3.63) is 53.9 Å². The zero-order valence-electron chi connectivity index (χ0n) is 9.88. The molecule has 1 aromatic carbocycles. The first-order valence-corrected chi connectivity index (χ1v) is 5.44. The van der Waals surface area contributed by atoms with E-state index in [1.807, 2.05) is 6.07 Å². The number of pyridine rings is 1. The molecule has 0 aliphatic heterocycles. The van der Waals surface area contributed by atoms with E-state index in [0.29, 0.717) is 11.1 Å². The Labute approximate surface area is 104 Å². The fraction of sp³-hybridized carbons (Fsp3) is 0.0714. The highest BCUT2D eigenvalue weighted by Gasteiger charge is 2.06. The van der Waals surface area contributed by atoms with Crippen molar-refractivity contribution in [3.63, 3.8) is 0 Å². The van der Waals surface area contributed by atoms with Gasteiger partial charge in [0.2, 0.25) is 5.91 Å². The van der Waals surface area contributed by atoms with Crippen LogP contribution in [0.25, 0.3) is 11.1 Å². The van der Waals surface area contributed by atoms with E-state index in [2.05, 4.69) is 4.98 Å². The Balaban J connectivity index is 2.48. The van der Waals surface area contributed by atoms with Gasteiger partial charge >= 0.3 is 0 Å². The van der Waals surface area contributed by atoms with E-state index in [0.717, 1.165) is 11.1 Å². The number of nitrogens with two attached hydrogens (primary N) is 1. The number of hydrogen-bond acceptors (Lipinski definition) is 3. The first-order chi connectivity index (χ1) is 8.58. The number of primary amides is 1. The number of amides is 1. The second-order valence-corrected chi connectivity index (χ2v) is 3.96. The second kappa shape index (κ2) is 4.79. The predicted molar refractivity (Wildman–Crippen MR) is 68.2 cm³/mol. The Morgan fingerprint density at radius 1 is 1.06 bits per heavy atom. The largest absolute Gasteiger partial charge is 0.366 e. The molecule has 0 aliphatic rings. The second-order valence-electron chi connectivity index (χ2n) is 3.96. The molecular formula is C14H12N2O2. The maximum atomic E-state index is 11.3. The summed E-state index contributed by atoms with van der Waals surface area (Å²) in [6, 6.07) is 8.83. The smallest absolute Gasteiger partial charge is 0.250 e. The van der Waals surface area contributed by atoms with Crippen LogP contribution >= 0.6 is 0 Å². The monoisotopic (exact) mass is 240 g/mol. The summed E-state index contributed by atoms with van der Waals surface area (Å²) in [5.41, 5.74) is 7.77. The predicted octanol–water partition coefficient (Wildman–Crippen LogP) is 2.05. The van der Waals surface area contributed by atoms with Crippen LogP contribution < -0.4 is 5.73 Å². The van der Waals surface area contributed by atoms with Crippen LogP contribution in [0.3, 0.4) is 0 Å². The number of rotatable bonds is 3. The summed E-state index contributed by atoms with van der Waals surface area (Å²) in [5.74, 6) is -0.525. The molecular weight excluding hydrogens is 228 g/mol. The van der Waals surface area contributed by atoms with Gasteiger partial charge in [-0.2, -0.15) is 0 Å². The highest BCUT2D eigenvalue weighted by atomic mass is 16.1. The third-order valence-corrected chi connectivity index (χ3v) is 2.63. The van der Waals surface area contributed by atoms with E-state index in [4.69, 9.17) is 5.73 Å². The minimum Gasteiger partial charge on any atom is -0.366 e. The quantitative estimate of drug-likeness (QED) is 0.834. The minimum atomic E-state index is -0.521. The number of hydrogen-bond donors (Lipinski definition) is 1. The zero-order chi connectivity index (χ0) is 13.1. The van der Waals surface area contributed by atoms with E-state index in [9.17, 15) is 9.59 Å². The van der Waals surface area contributed by atoms with Gasteiger partial charge in [-0.15, -0.1) is 0 Å². The summed E-state index contributed by atoms with van der Waals surface area (Å²) in [6.45, 7) is 1.51. The molecule has 0 bridgehead atoms. The maximum absolute atomic E-state index is 11.3. The molecule has 2 aromatic rings. The van der Waals surface area contributed by atoms with Gasteiger partial charge in [-0.25, -0.2) is 0 Å². The molecule has 0 radical (unpaired) electrons. The molecule has 1 amide bonds. The maximum Gasteiger partial charge on any atom is 0.250 e. The van der Waals surface area contributed by atoms with Gasteiger partial charge in [0.1, 0.15) is 0 Å². The summed E-state index contributed by atoms with van der Waals surface area (Å²) in [5, 5.41) is 0. The van der Waals surface area contributed by atoms with Gasteiger partial charge in [0.15, 0.2) is 5.78 Å². The van der Waals surface area contributed by atoms with E-state index in [-0.39, 0.29) is 5.78 Å². The summed E-state index contributed by atoms with van der Waals surface area (Å²) in [6.07, 6.45) is 3.05. The molecule has 0 aliphatic carbocycles. The van der Waals surface area contributed by atoms with Crippen LogP contribution in [0.5, 0.6) is 0 Å². The number of carbonyl (C=O) groups excluding carboxylic acids is 2. The lowest BCUT2D eigenvalue weighted by Crippen LogP contribution is -2.11. The molecule has 0 unspecified atom stereocenters. The molecule has 0 spiro atoms. The molecule has 1 aromatic heterocycles. The van der Waals surface area contributed by atoms with Crippen molar-refractivity contribution in [2.24, 2.45) is 5.73 Å². The van der Waals surface area contributed by atoms with Crippen LogP contribution in [0.2, 0.25) is 0 Å². The number of ketones is 1. The molecule has 90 valence electrons. The highest BCUT2D eigenvalue weighted by Crippen LogP contribution is 2.20. The number of aromatic nitrogens is 1. The zero-order valence-corrected chi connectivity index (χ0v) is 9.88. The van der Waals surface area contributed by atoms with Crippen LogP contribution in [-0.4, -0.2) is 16.7 Å². The number of benzene rings is 1. The molecule has 0 fully saturated rings. The lowest BCUT2D eigenvalue weighted by Gasteiger charge is -2.04. The molecule has 4 nitrogen and oxygen atoms in total. The third kappa shape index (κ3) is 2.43. The van der Waals surface area contributed by atoms with E-state index >= 15 is 0 Å². The van der Waals surface area contributed by atoms with Crippen molar-refractivity contribution in [1.82, 2.24) is 4.98 Å². The summed E-state index contributed by atoms with van der Waals surface area (Å²) >= 11 is 0. The average molecular weight is 240 g/mol. The van der Waals surface area contributed by atoms with Crippen molar-refractivity contribution in [1.29, 1.82) is 0 Å². The first kappa shape index (κ1) is 12.0. The normalized spacial score (nSPS) is 10.1. The average Bonchev–Trinajstić information content (AvgIpc) is 2.39. The van der Waals surface area contributed by atoms with Crippen molar-refractivity contribution in [2.75, 3.05) is 0 Å². The standard InChI is InChI=1S/C14H12N2O2/c1-9(17)10-3-2-4-11(5-10)12-6-13(14(15)18)8-16-7-12/h2-8H,1H3,(H2,15,18). The van der Waals surface area contributed by atoms with E-state index in [1.54, 1.807) is 30.5 Å².